The van der Waals surface area contributed by atoms with Crippen LogP contribution >= 0.6 is 0 Å². The molecule has 0 bridgehead atoms. The topological polar surface area (TPSA) is 134 Å². The van der Waals surface area contributed by atoms with E-state index in [-0.39, 0.29) is 17.0 Å². The van der Waals surface area contributed by atoms with Crippen molar-refractivity contribution in [1.82, 2.24) is 10.9 Å². The first-order valence-corrected chi connectivity index (χ1v) is 7.77. The number of hydrazine groups is 1. The highest BCUT2D eigenvalue weighted by Gasteiger charge is 2.13. The molecule has 0 aliphatic rings. The minimum atomic E-state index is -0.752. The number of hydrogen-bond acceptors (Lipinski definition) is 5. The molecule has 0 aliphatic heterocycles. The molecule has 0 radical (unpaired) electrons. The lowest BCUT2D eigenvalue weighted by Gasteiger charge is -2.10. The fourth-order valence-electron chi connectivity index (χ4n) is 2.42. The van der Waals surface area contributed by atoms with Gasteiger partial charge < -0.3 is 10.4 Å². The molecule has 0 fully saturated rings. The number of phenolic OH excluding ortho intramolecular Hbond substituents is 1. The van der Waals surface area contributed by atoms with Crippen LogP contribution in [0.5, 0.6) is 5.75 Å². The van der Waals surface area contributed by atoms with E-state index in [9.17, 15) is 24.8 Å². The van der Waals surface area contributed by atoms with Crippen molar-refractivity contribution >= 4 is 34.1 Å². The molecule has 4 N–H and O–H groups in total. The van der Waals surface area contributed by atoms with E-state index in [1.54, 1.807) is 18.2 Å². The van der Waals surface area contributed by atoms with Crippen LogP contribution in [0, 0.1) is 10.1 Å². The number of anilines is 1. The highest BCUT2D eigenvalue weighted by atomic mass is 16.6. The van der Waals surface area contributed by atoms with Crippen LogP contribution < -0.4 is 16.2 Å². The summed E-state index contributed by atoms with van der Waals surface area (Å²) in [4.78, 5) is 34.1. The summed E-state index contributed by atoms with van der Waals surface area (Å²) in [6.07, 6.45) is 0. The van der Waals surface area contributed by atoms with Gasteiger partial charge in [0.15, 0.2) is 0 Å². The lowest BCUT2D eigenvalue weighted by molar-refractivity contribution is -0.384. The third-order valence-corrected chi connectivity index (χ3v) is 3.73. The predicted molar refractivity (Wildman–Crippen MR) is 98.3 cm³/mol. The Bertz CT molecular complexity index is 1030. The zero-order valence-electron chi connectivity index (χ0n) is 13.8. The molecular weight excluding hydrogens is 352 g/mol. The van der Waals surface area contributed by atoms with E-state index in [0.29, 0.717) is 5.69 Å². The van der Waals surface area contributed by atoms with Gasteiger partial charge in [0.25, 0.3) is 11.6 Å². The zero-order chi connectivity index (χ0) is 19.4. The third kappa shape index (κ3) is 4.10. The number of rotatable bonds is 3. The number of fused-ring (bicyclic) bond motifs is 1. The number of carbonyl (C=O) groups is 2. The fraction of sp³-hybridized carbons (Fsp3) is 0. The molecule has 27 heavy (non-hydrogen) atoms. The lowest BCUT2D eigenvalue weighted by Crippen LogP contribution is -2.43. The maximum atomic E-state index is 12.2. The summed E-state index contributed by atoms with van der Waals surface area (Å²) in [5.74, 6) is -0.916. The van der Waals surface area contributed by atoms with Gasteiger partial charge in [-0.15, -0.1) is 0 Å². The quantitative estimate of drug-likeness (QED) is 0.418. The van der Waals surface area contributed by atoms with Crippen molar-refractivity contribution in [3.63, 3.8) is 0 Å². The number of nitro benzene ring substituents is 1. The number of hydrogen-bond donors (Lipinski definition) is 4. The molecule has 136 valence electrons. The first-order chi connectivity index (χ1) is 12.9. The van der Waals surface area contributed by atoms with Crippen molar-refractivity contribution in [1.29, 1.82) is 0 Å². The molecule has 3 amide bonds. The minimum absolute atomic E-state index is 0.00401. The van der Waals surface area contributed by atoms with Gasteiger partial charge in [-0.05, 0) is 35.0 Å². The number of benzene rings is 3. The number of nitrogens with one attached hydrogen (secondary N) is 3. The van der Waals surface area contributed by atoms with Crippen LogP contribution in [-0.4, -0.2) is 22.0 Å². The van der Waals surface area contributed by atoms with Gasteiger partial charge in [0.1, 0.15) is 5.75 Å². The molecule has 9 heteroatoms. The van der Waals surface area contributed by atoms with Crippen LogP contribution in [0.15, 0.2) is 60.7 Å². The van der Waals surface area contributed by atoms with E-state index >= 15 is 0 Å². The molecule has 0 saturated heterocycles. The van der Waals surface area contributed by atoms with Gasteiger partial charge in [0.05, 0.1) is 10.5 Å². The molecule has 3 aromatic carbocycles. The van der Waals surface area contributed by atoms with Gasteiger partial charge in [-0.2, -0.15) is 0 Å². The summed E-state index contributed by atoms with van der Waals surface area (Å²) in [5.41, 5.74) is 4.53. The van der Waals surface area contributed by atoms with Crippen molar-refractivity contribution in [3.05, 3.63) is 76.3 Å². The average Bonchev–Trinajstić information content (AvgIpc) is 2.66. The zero-order valence-corrected chi connectivity index (χ0v) is 13.8. The van der Waals surface area contributed by atoms with Crippen molar-refractivity contribution in [2.75, 3.05) is 5.32 Å². The largest absolute Gasteiger partial charge is 0.507 e. The van der Waals surface area contributed by atoms with E-state index in [2.05, 4.69) is 16.2 Å². The SMILES string of the molecule is O=C(NNC(=O)c1cc2ccccc2cc1O)Nc1ccc([N+](=O)[O-])cc1. The fourth-order valence-corrected chi connectivity index (χ4v) is 2.42. The van der Waals surface area contributed by atoms with Gasteiger partial charge in [-0.25, -0.2) is 10.2 Å². The Hall–Kier alpha value is -4.14. The molecule has 0 atom stereocenters. The maximum Gasteiger partial charge on any atom is 0.337 e. The smallest absolute Gasteiger partial charge is 0.337 e. The standard InChI is InChI=1S/C18H14N4O5/c23-16-10-12-4-2-1-3-11(12)9-15(16)17(24)20-21-18(25)19-13-5-7-14(8-6-13)22(26)27/h1-10,23H,(H,20,24)(H2,19,21,25). The van der Waals surface area contributed by atoms with Gasteiger partial charge in [0.2, 0.25) is 0 Å². The summed E-state index contributed by atoms with van der Waals surface area (Å²) in [6, 6.07) is 14.6. The van der Waals surface area contributed by atoms with E-state index in [4.69, 9.17) is 0 Å². The Morgan fingerprint density at radius 1 is 0.926 bits per heavy atom. The van der Waals surface area contributed by atoms with Crippen LogP contribution in [0.4, 0.5) is 16.2 Å². The highest BCUT2D eigenvalue weighted by Crippen LogP contribution is 2.24. The van der Waals surface area contributed by atoms with Crippen molar-refractivity contribution in [3.8, 4) is 5.75 Å². The van der Waals surface area contributed by atoms with E-state index < -0.39 is 16.9 Å². The normalized spacial score (nSPS) is 10.2. The first-order valence-electron chi connectivity index (χ1n) is 7.77. The Labute approximate surface area is 152 Å². The predicted octanol–water partition coefficient (Wildman–Crippen LogP) is 2.92. The molecule has 0 unspecified atom stereocenters. The molecule has 0 saturated carbocycles. The minimum Gasteiger partial charge on any atom is -0.507 e. The average molecular weight is 366 g/mol. The second-order valence-corrected chi connectivity index (χ2v) is 5.55. The summed E-state index contributed by atoms with van der Waals surface area (Å²) in [6.45, 7) is 0. The monoisotopic (exact) mass is 366 g/mol. The molecule has 0 aromatic heterocycles. The molecule has 0 aliphatic carbocycles. The van der Waals surface area contributed by atoms with E-state index in [1.807, 2.05) is 6.07 Å². The van der Waals surface area contributed by atoms with Gasteiger partial charge in [-0.1, -0.05) is 24.3 Å². The highest BCUT2D eigenvalue weighted by molar-refractivity contribution is 6.02. The summed E-state index contributed by atoms with van der Waals surface area (Å²) in [7, 11) is 0. The summed E-state index contributed by atoms with van der Waals surface area (Å²) in [5, 5.41) is 24.5. The Morgan fingerprint density at radius 2 is 1.56 bits per heavy atom. The van der Waals surface area contributed by atoms with Gasteiger partial charge >= 0.3 is 6.03 Å². The molecular formula is C18H14N4O5. The lowest BCUT2D eigenvalue weighted by atomic mass is 10.1. The number of urea groups is 1. The van der Waals surface area contributed by atoms with Crippen molar-refractivity contribution in [2.24, 2.45) is 0 Å². The van der Waals surface area contributed by atoms with Crippen LogP contribution in [0.2, 0.25) is 0 Å². The number of phenols is 1. The maximum absolute atomic E-state index is 12.2. The number of carbonyl (C=O) groups excluding carboxylic acids is 2. The second-order valence-electron chi connectivity index (χ2n) is 5.55. The van der Waals surface area contributed by atoms with Gasteiger partial charge in [0, 0.05) is 17.8 Å². The Balaban J connectivity index is 1.62. The molecule has 3 aromatic rings. The number of amides is 3. The number of nitro groups is 1. The van der Waals surface area contributed by atoms with Crippen molar-refractivity contribution < 1.29 is 19.6 Å². The number of non-ortho nitro benzene ring substituents is 1. The Morgan fingerprint density at radius 3 is 2.19 bits per heavy atom. The van der Waals surface area contributed by atoms with Crippen molar-refractivity contribution in [2.45, 2.75) is 0 Å². The molecule has 0 spiro atoms. The first kappa shape index (κ1) is 17.7. The van der Waals surface area contributed by atoms with E-state index in [1.165, 1.54) is 36.4 Å². The molecule has 9 nitrogen and oxygen atoms in total. The Kier molecular flexibility index (Phi) is 4.84. The summed E-state index contributed by atoms with van der Waals surface area (Å²) >= 11 is 0. The van der Waals surface area contributed by atoms with Crippen LogP contribution in [-0.2, 0) is 0 Å². The number of nitrogens with zero attached hydrogens (tertiary/aromatic N) is 1. The van der Waals surface area contributed by atoms with Gasteiger partial charge in [-0.3, -0.25) is 20.3 Å². The van der Waals surface area contributed by atoms with E-state index in [0.717, 1.165) is 10.8 Å². The van der Waals surface area contributed by atoms with Crippen LogP contribution in [0.3, 0.4) is 0 Å². The number of aromatic hydroxyl groups is 1. The molecule has 0 heterocycles. The molecule has 3 rings (SSSR count). The second kappa shape index (κ2) is 7.40. The van der Waals surface area contributed by atoms with Crippen LogP contribution in [0.1, 0.15) is 10.4 Å². The third-order valence-electron chi connectivity index (χ3n) is 3.73. The summed E-state index contributed by atoms with van der Waals surface area (Å²) < 4.78 is 0. The van der Waals surface area contributed by atoms with Crippen LogP contribution in [0.25, 0.3) is 10.8 Å².